The standard InChI is InChI=1S/C9H6Cl2F2O/c1-9(12,13)8(14)5-2-6(10)4-7(11)3-5/h2-4H,1H3. The molecule has 0 radical (unpaired) electrons. The van der Waals surface area contributed by atoms with E-state index in [-0.39, 0.29) is 15.6 Å². The van der Waals surface area contributed by atoms with E-state index in [2.05, 4.69) is 0 Å². The molecule has 0 fully saturated rings. The van der Waals surface area contributed by atoms with E-state index in [4.69, 9.17) is 23.2 Å². The molecule has 0 aromatic heterocycles. The summed E-state index contributed by atoms with van der Waals surface area (Å²) in [5.74, 6) is -4.70. The minimum Gasteiger partial charge on any atom is -0.287 e. The summed E-state index contributed by atoms with van der Waals surface area (Å²) in [5, 5.41) is 0.315. The molecule has 1 aromatic carbocycles. The van der Waals surface area contributed by atoms with Crippen molar-refractivity contribution in [2.75, 3.05) is 0 Å². The molecule has 1 aromatic rings. The van der Waals surface area contributed by atoms with E-state index < -0.39 is 11.7 Å². The van der Waals surface area contributed by atoms with Gasteiger partial charge in [0.25, 0.3) is 0 Å². The zero-order valence-electron chi connectivity index (χ0n) is 7.15. The number of halogens is 4. The summed E-state index contributed by atoms with van der Waals surface area (Å²) in [7, 11) is 0. The van der Waals surface area contributed by atoms with Crippen LogP contribution in [0.1, 0.15) is 17.3 Å². The normalized spacial score (nSPS) is 11.5. The van der Waals surface area contributed by atoms with Crippen molar-refractivity contribution >= 4 is 29.0 Å². The minimum absolute atomic E-state index is 0.158. The molecule has 0 bridgehead atoms. The highest BCUT2D eigenvalue weighted by Crippen LogP contribution is 2.24. The highest BCUT2D eigenvalue weighted by molar-refractivity contribution is 6.35. The molecule has 0 atom stereocenters. The van der Waals surface area contributed by atoms with Gasteiger partial charge in [0.1, 0.15) is 0 Å². The van der Waals surface area contributed by atoms with Gasteiger partial charge in [-0.3, -0.25) is 4.79 Å². The van der Waals surface area contributed by atoms with Gasteiger partial charge in [-0.2, -0.15) is 8.78 Å². The van der Waals surface area contributed by atoms with Crippen molar-refractivity contribution in [2.45, 2.75) is 12.8 Å². The van der Waals surface area contributed by atoms with Crippen molar-refractivity contribution in [2.24, 2.45) is 0 Å². The Kier molecular flexibility index (Phi) is 3.12. The molecule has 0 amide bonds. The lowest BCUT2D eigenvalue weighted by atomic mass is 10.1. The van der Waals surface area contributed by atoms with E-state index >= 15 is 0 Å². The molecule has 5 heteroatoms. The molecule has 76 valence electrons. The third kappa shape index (κ3) is 2.66. The number of ketones is 1. The lowest BCUT2D eigenvalue weighted by Gasteiger charge is -2.09. The highest BCUT2D eigenvalue weighted by atomic mass is 35.5. The van der Waals surface area contributed by atoms with Crippen molar-refractivity contribution in [3.63, 3.8) is 0 Å². The maximum atomic E-state index is 12.6. The second-order valence-electron chi connectivity index (χ2n) is 2.88. The quantitative estimate of drug-likeness (QED) is 0.716. The van der Waals surface area contributed by atoms with Gasteiger partial charge in [-0.15, -0.1) is 0 Å². The van der Waals surface area contributed by atoms with Crippen LogP contribution in [0.2, 0.25) is 10.0 Å². The van der Waals surface area contributed by atoms with E-state index in [1.165, 1.54) is 6.07 Å². The van der Waals surface area contributed by atoms with Crippen LogP contribution in [0, 0.1) is 0 Å². The summed E-state index contributed by atoms with van der Waals surface area (Å²) in [6.45, 7) is 0.532. The second-order valence-corrected chi connectivity index (χ2v) is 3.75. The molecule has 0 N–H and O–H groups in total. The molecule has 0 spiro atoms. The van der Waals surface area contributed by atoms with Gasteiger partial charge in [-0.1, -0.05) is 23.2 Å². The molecular weight excluding hydrogens is 233 g/mol. The highest BCUT2D eigenvalue weighted by Gasteiger charge is 2.33. The van der Waals surface area contributed by atoms with Crippen molar-refractivity contribution < 1.29 is 13.6 Å². The number of hydrogen-bond acceptors (Lipinski definition) is 1. The largest absolute Gasteiger partial charge is 0.307 e. The number of Topliss-reactive ketones (excluding diaryl/α,β-unsaturated/α-hetero) is 1. The molecule has 0 saturated carbocycles. The van der Waals surface area contributed by atoms with Crippen LogP contribution in [0.3, 0.4) is 0 Å². The SMILES string of the molecule is CC(F)(F)C(=O)c1cc(Cl)cc(Cl)c1. The molecule has 1 nitrogen and oxygen atoms in total. The summed E-state index contributed by atoms with van der Waals surface area (Å²) in [6.07, 6.45) is 0. The molecule has 14 heavy (non-hydrogen) atoms. The van der Waals surface area contributed by atoms with Crippen LogP contribution in [-0.4, -0.2) is 11.7 Å². The maximum absolute atomic E-state index is 12.6. The van der Waals surface area contributed by atoms with Gasteiger partial charge in [0.15, 0.2) is 0 Å². The minimum atomic E-state index is -3.41. The molecular formula is C9H6Cl2F2O. The van der Waals surface area contributed by atoms with E-state index in [0.29, 0.717) is 6.92 Å². The fourth-order valence-corrected chi connectivity index (χ4v) is 1.46. The molecule has 0 heterocycles. The Morgan fingerprint density at radius 1 is 1.21 bits per heavy atom. The number of hydrogen-bond donors (Lipinski definition) is 0. The van der Waals surface area contributed by atoms with Crippen molar-refractivity contribution in [1.82, 2.24) is 0 Å². The third-order valence-corrected chi connectivity index (χ3v) is 1.96. The summed E-state index contributed by atoms with van der Waals surface area (Å²) in [4.78, 5) is 11.1. The lowest BCUT2D eigenvalue weighted by molar-refractivity contribution is 0.0221. The Bertz CT molecular complexity index is 351. The van der Waals surface area contributed by atoms with E-state index in [9.17, 15) is 13.6 Å². The number of alkyl halides is 2. The average molecular weight is 239 g/mol. The van der Waals surface area contributed by atoms with Crippen molar-refractivity contribution in [3.05, 3.63) is 33.8 Å². The van der Waals surface area contributed by atoms with E-state index in [1.807, 2.05) is 0 Å². The van der Waals surface area contributed by atoms with Crippen LogP contribution >= 0.6 is 23.2 Å². The predicted octanol–water partition coefficient (Wildman–Crippen LogP) is 3.83. The first-order valence-electron chi connectivity index (χ1n) is 3.69. The monoisotopic (exact) mass is 238 g/mol. The first-order valence-corrected chi connectivity index (χ1v) is 4.45. The van der Waals surface area contributed by atoms with Gasteiger partial charge in [0, 0.05) is 22.5 Å². The Morgan fingerprint density at radius 3 is 2.00 bits per heavy atom. The van der Waals surface area contributed by atoms with Gasteiger partial charge < -0.3 is 0 Å². The summed E-state index contributed by atoms with van der Waals surface area (Å²) >= 11 is 11.1. The summed E-state index contributed by atoms with van der Waals surface area (Å²) < 4.78 is 25.3. The Morgan fingerprint density at radius 2 is 1.64 bits per heavy atom. The van der Waals surface area contributed by atoms with Crippen LogP contribution in [0.4, 0.5) is 8.78 Å². The smallest absolute Gasteiger partial charge is 0.287 e. The average Bonchev–Trinajstić information content (AvgIpc) is 1.99. The van der Waals surface area contributed by atoms with Gasteiger partial charge in [0.05, 0.1) is 0 Å². The van der Waals surface area contributed by atoms with Crippen LogP contribution < -0.4 is 0 Å². The van der Waals surface area contributed by atoms with Gasteiger partial charge in [0.2, 0.25) is 5.78 Å². The van der Waals surface area contributed by atoms with E-state index in [0.717, 1.165) is 12.1 Å². The molecule has 0 aliphatic carbocycles. The molecule has 1 rings (SSSR count). The van der Waals surface area contributed by atoms with Crippen LogP contribution in [0.25, 0.3) is 0 Å². The lowest BCUT2D eigenvalue weighted by Crippen LogP contribution is -2.24. The summed E-state index contributed by atoms with van der Waals surface area (Å²) in [5.41, 5.74) is -0.185. The van der Waals surface area contributed by atoms with Crippen LogP contribution in [0.5, 0.6) is 0 Å². The van der Waals surface area contributed by atoms with Gasteiger partial charge in [-0.25, -0.2) is 0 Å². The molecule has 0 unspecified atom stereocenters. The fraction of sp³-hybridized carbons (Fsp3) is 0.222. The van der Waals surface area contributed by atoms with Crippen molar-refractivity contribution in [1.29, 1.82) is 0 Å². The number of rotatable bonds is 2. The summed E-state index contributed by atoms with van der Waals surface area (Å²) in [6, 6.07) is 3.69. The van der Waals surface area contributed by atoms with Crippen LogP contribution in [-0.2, 0) is 0 Å². The fourth-order valence-electron chi connectivity index (χ4n) is 0.938. The Hall–Kier alpha value is -0.670. The number of carbonyl (C=O) groups excluding carboxylic acids is 1. The van der Waals surface area contributed by atoms with E-state index in [1.54, 1.807) is 0 Å². The zero-order valence-corrected chi connectivity index (χ0v) is 8.66. The topological polar surface area (TPSA) is 17.1 Å². The first-order chi connectivity index (χ1) is 6.30. The van der Waals surface area contributed by atoms with Gasteiger partial charge >= 0.3 is 5.92 Å². The maximum Gasteiger partial charge on any atom is 0.307 e. The number of carbonyl (C=O) groups is 1. The predicted molar refractivity (Wildman–Crippen MR) is 51.4 cm³/mol. The Labute approximate surface area is 89.6 Å². The molecule has 0 saturated heterocycles. The Balaban J connectivity index is 3.14. The molecule has 0 aliphatic rings. The van der Waals surface area contributed by atoms with Crippen molar-refractivity contribution in [3.8, 4) is 0 Å². The van der Waals surface area contributed by atoms with Crippen LogP contribution in [0.15, 0.2) is 18.2 Å². The van der Waals surface area contributed by atoms with Gasteiger partial charge in [-0.05, 0) is 18.2 Å². The number of benzene rings is 1. The first kappa shape index (κ1) is 11.4. The molecule has 0 aliphatic heterocycles. The third-order valence-electron chi connectivity index (χ3n) is 1.52. The zero-order chi connectivity index (χ0) is 10.9. The second kappa shape index (κ2) is 3.83.